The summed E-state index contributed by atoms with van der Waals surface area (Å²) < 4.78 is 36.0. The summed E-state index contributed by atoms with van der Waals surface area (Å²) in [6.45, 7) is 0.518. The number of amides is 2. The Labute approximate surface area is 158 Å². The van der Waals surface area contributed by atoms with Gasteiger partial charge in [0.1, 0.15) is 0 Å². The normalized spacial score (nSPS) is 16.8. The molecule has 0 radical (unpaired) electrons. The lowest BCUT2D eigenvalue weighted by Crippen LogP contribution is -2.35. The maximum Gasteiger partial charge on any atom is 0.321 e. The van der Waals surface area contributed by atoms with Crippen molar-refractivity contribution in [3.63, 3.8) is 0 Å². The highest BCUT2D eigenvalue weighted by atomic mass is 32.2. The first kappa shape index (κ1) is 19.0. The van der Waals surface area contributed by atoms with E-state index in [1.54, 1.807) is 48.5 Å². The number of benzene rings is 2. The van der Waals surface area contributed by atoms with Crippen molar-refractivity contribution >= 4 is 21.6 Å². The Bertz CT molecular complexity index is 915. The summed E-state index contributed by atoms with van der Waals surface area (Å²) in [6.07, 6.45) is 0.403. The van der Waals surface area contributed by atoms with Gasteiger partial charge in [0.25, 0.3) is 0 Å². The van der Waals surface area contributed by atoms with Crippen molar-refractivity contribution in [2.45, 2.75) is 16.6 Å². The molecule has 0 aliphatic carbocycles. The second-order valence-electron chi connectivity index (χ2n) is 6.19. The van der Waals surface area contributed by atoms with Gasteiger partial charge in [0.15, 0.2) is 21.3 Å². The fourth-order valence-electron chi connectivity index (χ4n) is 3.15. The SMILES string of the molecule is COc1cccc(NC(=O)N2CC[C@@H](S(=O)(=O)c3ccccc3)C2)c1OC. The number of carbonyl (C=O) groups excluding carboxylic acids is 1. The molecule has 1 aliphatic rings. The molecule has 3 rings (SSSR count). The van der Waals surface area contributed by atoms with Crippen LogP contribution in [0.2, 0.25) is 0 Å². The number of sulfone groups is 1. The summed E-state index contributed by atoms with van der Waals surface area (Å²) in [5.41, 5.74) is 0.469. The highest BCUT2D eigenvalue weighted by Crippen LogP contribution is 2.35. The standard InChI is InChI=1S/C19H22N2O5S/c1-25-17-10-6-9-16(18(17)26-2)20-19(22)21-12-11-15(13-21)27(23,24)14-7-4-3-5-8-14/h3-10,15H,11-13H2,1-2H3,(H,20,22)/t15-/m1/s1. The quantitative estimate of drug-likeness (QED) is 0.849. The lowest BCUT2D eigenvalue weighted by molar-refractivity contribution is 0.222. The summed E-state index contributed by atoms with van der Waals surface area (Å²) in [6, 6.07) is 13.1. The fourth-order valence-corrected chi connectivity index (χ4v) is 4.86. The monoisotopic (exact) mass is 390 g/mol. The van der Waals surface area contributed by atoms with Crippen LogP contribution in [0.15, 0.2) is 53.4 Å². The van der Waals surface area contributed by atoms with Crippen molar-refractivity contribution in [2.75, 3.05) is 32.6 Å². The molecule has 1 heterocycles. The van der Waals surface area contributed by atoms with Gasteiger partial charge in [0, 0.05) is 13.1 Å². The first-order valence-corrected chi connectivity index (χ1v) is 10.1. The molecule has 144 valence electrons. The molecule has 1 N–H and O–H groups in total. The van der Waals surface area contributed by atoms with E-state index in [2.05, 4.69) is 5.32 Å². The molecule has 0 bridgehead atoms. The third kappa shape index (κ3) is 3.85. The van der Waals surface area contributed by atoms with Crippen molar-refractivity contribution in [1.82, 2.24) is 4.90 Å². The topological polar surface area (TPSA) is 84.9 Å². The number of nitrogens with one attached hydrogen (secondary N) is 1. The van der Waals surface area contributed by atoms with E-state index < -0.39 is 15.1 Å². The number of likely N-dealkylation sites (tertiary alicyclic amines) is 1. The summed E-state index contributed by atoms with van der Waals surface area (Å²) in [5, 5.41) is 2.16. The first-order chi connectivity index (χ1) is 13.0. The van der Waals surface area contributed by atoms with E-state index in [9.17, 15) is 13.2 Å². The van der Waals surface area contributed by atoms with Gasteiger partial charge in [-0.3, -0.25) is 0 Å². The highest BCUT2D eigenvalue weighted by Gasteiger charge is 2.36. The molecule has 7 nitrogen and oxygen atoms in total. The minimum atomic E-state index is -3.47. The van der Waals surface area contributed by atoms with Gasteiger partial charge >= 0.3 is 6.03 Å². The van der Waals surface area contributed by atoms with Crippen molar-refractivity contribution in [1.29, 1.82) is 0 Å². The van der Waals surface area contributed by atoms with E-state index in [0.29, 0.717) is 30.2 Å². The van der Waals surface area contributed by atoms with E-state index in [1.807, 2.05) is 0 Å². The van der Waals surface area contributed by atoms with Crippen molar-refractivity contribution in [3.8, 4) is 11.5 Å². The largest absolute Gasteiger partial charge is 0.493 e. The molecule has 1 aliphatic heterocycles. The number of rotatable bonds is 5. The second-order valence-corrected chi connectivity index (χ2v) is 8.41. The van der Waals surface area contributed by atoms with Gasteiger partial charge < -0.3 is 19.7 Å². The van der Waals surface area contributed by atoms with Crippen molar-refractivity contribution in [2.24, 2.45) is 0 Å². The zero-order valence-corrected chi connectivity index (χ0v) is 16.0. The predicted octanol–water partition coefficient (Wildman–Crippen LogP) is 2.78. The summed E-state index contributed by atoms with van der Waals surface area (Å²) in [7, 11) is -0.459. The smallest absolute Gasteiger partial charge is 0.321 e. The van der Waals surface area contributed by atoms with Crippen LogP contribution in [0, 0.1) is 0 Å². The molecular formula is C19H22N2O5S. The van der Waals surface area contributed by atoms with E-state index >= 15 is 0 Å². The van der Waals surface area contributed by atoms with Crippen LogP contribution in [0.3, 0.4) is 0 Å². The predicted molar refractivity (Wildman–Crippen MR) is 102 cm³/mol. The van der Waals surface area contributed by atoms with Gasteiger partial charge in [-0.15, -0.1) is 0 Å². The molecule has 1 atom stereocenters. The number of para-hydroxylation sites is 1. The maximum atomic E-state index is 12.7. The van der Waals surface area contributed by atoms with Gasteiger partial charge in [0.05, 0.1) is 30.1 Å². The number of hydrogen-bond acceptors (Lipinski definition) is 5. The summed E-state index contributed by atoms with van der Waals surface area (Å²) in [5.74, 6) is 0.919. The van der Waals surface area contributed by atoms with Gasteiger partial charge in [-0.25, -0.2) is 13.2 Å². The Kier molecular flexibility index (Phi) is 5.55. The third-order valence-electron chi connectivity index (χ3n) is 4.59. The lowest BCUT2D eigenvalue weighted by atomic mass is 10.2. The molecule has 27 heavy (non-hydrogen) atoms. The van der Waals surface area contributed by atoms with Crippen LogP contribution in [0.1, 0.15) is 6.42 Å². The molecule has 8 heteroatoms. The first-order valence-electron chi connectivity index (χ1n) is 8.53. The Morgan fingerprint density at radius 1 is 1.07 bits per heavy atom. The van der Waals surface area contributed by atoms with Gasteiger partial charge in [-0.2, -0.15) is 0 Å². The fraction of sp³-hybridized carbons (Fsp3) is 0.316. The Morgan fingerprint density at radius 2 is 1.81 bits per heavy atom. The van der Waals surface area contributed by atoms with E-state index in [4.69, 9.17) is 9.47 Å². The molecule has 0 spiro atoms. The molecule has 0 saturated carbocycles. The van der Waals surface area contributed by atoms with Crippen molar-refractivity contribution in [3.05, 3.63) is 48.5 Å². The second kappa shape index (κ2) is 7.87. The molecule has 2 aromatic rings. The van der Waals surface area contributed by atoms with Crippen LogP contribution in [0.4, 0.5) is 10.5 Å². The van der Waals surface area contributed by atoms with E-state index in [1.165, 1.54) is 19.1 Å². The van der Waals surface area contributed by atoms with Crippen molar-refractivity contribution < 1.29 is 22.7 Å². The number of anilines is 1. The van der Waals surface area contributed by atoms with Crippen LogP contribution in [0.5, 0.6) is 11.5 Å². The minimum Gasteiger partial charge on any atom is -0.493 e. The van der Waals surface area contributed by atoms with Crippen LogP contribution >= 0.6 is 0 Å². The number of nitrogens with zero attached hydrogens (tertiary/aromatic N) is 1. The number of methoxy groups -OCH3 is 2. The van der Waals surface area contributed by atoms with E-state index in [0.717, 1.165) is 0 Å². The zero-order chi connectivity index (χ0) is 19.4. The average molecular weight is 390 g/mol. The van der Waals surface area contributed by atoms with Crippen LogP contribution in [-0.4, -0.2) is 51.9 Å². The Morgan fingerprint density at radius 3 is 2.48 bits per heavy atom. The summed E-state index contributed by atoms with van der Waals surface area (Å²) >= 11 is 0. The number of ether oxygens (including phenoxy) is 2. The Balaban J connectivity index is 1.72. The van der Waals surface area contributed by atoms with Crippen LogP contribution in [0.25, 0.3) is 0 Å². The number of hydrogen-bond donors (Lipinski definition) is 1. The maximum absolute atomic E-state index is 12.7. The molecule has 2 amide bonds. The number of carbonyl (C=O) groups is 1. The molecule has 1 saturated heterocycles. The van der Waals surface area contributed by atoms with E-state index in [-0.39, 0.29) is 17.5 Å². The zero-order valence-electron chi connectivity index (χ0n) is 15.2. The molecular weight excluding hydrogens is 368 g/mol. The molecule has 0 aromatic heterocycles. The lowest BCUT2D eigenvalue weighted by Gasteiger charge is -2.19. The Hall–Kier alpha value is -2.74. The highest BCUT2D eigenvalue weighted by molar-refractivity contribution is 7.92. The number of urea groups is 1. The molecule has 2 aromatic carbocycles. The summed E-state index contributed by atoms with van der Waals surface area (Å²) in [4.78, 5) is 14.4. The minimum absolute atomic E-state index is 0.148. The molecule has 1 fully saturated rings. The van der Waals surface area contributed by atoms with Gasteiger partial charge in [0.2, 0.25) is 0 Å². The third-order valence-corrected chi connectivity index (χ3v) is 6.78. The average Bonchev–Trinajstić information content (AvgIpc) is 3.19. The van der Waals surface area contributed by atoms with Gasteiger partial charge in [-0.05, 0) is 30.7 Å². The molecule has 0 unspecified atom stereocenters. The van der Waals surface area contributed by atoms with Crippen LogP contribution in [-0.2, 0) is 9.84 Å². The van der Waals surface area contributed by atoms with Crippen LogP contribution < -0.4 is 14.8 Å². The van der Waals surface area contributed by atoms with Gasteiger partial charge in [-0.1, -0.05) is 24.3 Å².